The monoisotopic (exact) mass is 454 g/mol. The molecule has 1 aromatic carbocycles. The zero-order chi connectivity index (χ0) is 18.2. The first-order valence-electron chi connectivity index (χ1n) is 7.48. The van der Waals surface area contributed by atoms with E-state index in [-0.39, 0.29) is 5.96 Å². The predicted molar refractivity (Wildman–Crippen MR) is 104 cm³/mol. The van der Waals surface area contributed by atoms with Crippen LogP contribution in [0.4, 0.5) is 5.82 Å². The summed E-state index contributed by atoms with van der Waals surface area (Å²) in [7, 11) is 1.62. The van der Waals surface area contributed by atoms with Crippen molar-refractivity contribution in [2.75, 3.05) is 12.4 Å². The number of carbonyl (C=O) groups is 1. The number of ether oxygens (including phenoxy) is 1. The zero-order valence-corrected chi connectivity index (χ0v) is 16.3. The number of hydroxylamine groups is 1. The molecule has 1 aromatic heterocycles. The van der Waals surface area contributed by atoms with E-state index in [1.54, 1.807) is 19.4 Å². The highest BCUT2D eigenvalue weighted by Gasteiger charge is 2.08. The number of benzene rings is 1. The smallest absolute Gasteiger partial charge is 0.329 e. The third-order valence-electron chi connectivity index (χ3n) is 3.25. The van der Waals surface area contributed by atoms with Crippen LogP contribution in [0, 0.1) is 10.5 Å². The lowest BCUT2D eigenvalue weighted by Crippen LogP contribution is -2.32. The van der Waals surface area contributed by atoms with Crippen LogP contribution in [0.5, 0.6) is 5.75 Å². The van der Waals surface area contributed by atoms with E-state index in [9.17, 15) is 4.79 Å². The number of aryl methyl sites for hydroxylation is 1. The van der Waals surface area contributed by atoms with Gasteiger partial charge in [0.05, 0.1) is 13.7 Å². The molecule has 0 aliphatic carbocycles. The number of halogens is 1. The molecule has 0 radical (unpaired) electrons. The van der Waals surface area contributed by atoms with Crippen molar-refractivity contribution in [3.05, 3.63) is 51.2 Å². The third-order valence-corrected chi connectivity index (χ3v) is 3.89. The molecule has 0 saturated heterocycles. The molecule has 25 heavy (non-hydrogen) atoms. The highest BCUT2D eigenvalue weighted by atomic mass is 127. The summed E-state index contributed by atoms with van der Waals surface area (Å²) in [6.07, 6.45) is 1.72. The number of nitrogens with one attached hydrogen (secondary N) is 2. The molecule has 7 nitrogen and oxygen atoms in total. The first-order chi connectivity index (χ1) is 12.0. The lowest BCUT2D eigenvalue weighted by atomic mass is 10.1. The fourth-order valence-electron chi connectivity index (χ4n) is 2.02. The van der Waals surface area contributed by atoms with Gasteiger partial charge in [0.15, 0.2) is 0 Å². The van der Waals surface area contributed by atoms with Gasteiger partial charge < -0.3 is 14.9 Å². The molecule has 0 aliphatic heterocycles. The number of hydrogen-bond acceptors (Lipinski definition) is 5. The fourth-order valence-corrected chi connectivity index (χ4v) is 2.33. The summed E-state index contributed by atoms with van der Waals surface area (Å²) in [5.41, 5.74) is 4.52. The van der Waals surface area contributed by atoms with Crippen LogP contribution in [0.15, 0.2) is 41.5 Å². The van der Waals surface area contributed by atoms with Crippen LogP contribution in [-0.2, 0) is 16.2 Å². The van der Waals surface area contributed by atoms with Gasteiger partial charge in [0.1, 0.15) is 11.6 Å². The molecule has 1 heterocycles. The largest absolute Gasteiger partial charge is 0.496 e. The maximum absolute atomic E-state index is 11.1. The number of anilines is 1. The van der Waals surface area contributed by atoms with E-state index in [0.717, 1.165) is 20.4 Å². The van der Waals surface area contributed by atoms with Gasteiger partial charge in [-0.3, -0.25) is 4.79 Å². The number of guanidine groups is 1. The van der Waals surface area contributed by atoms with E-state index < -0.39 is 5.97 Å². The van der Waals surface area contributed by atoms with Crippen molar-refractivity contribution < 1.29 is 14.4 Å². The maximum Gasteiger partial charge on any atom is 0.329 e. The van der Waals surface area contributed by atoms with Crippen molar-refractivity contribution in [1.29, 1.82) is 0 Å². The van der Waals surface area contributed by atoms with Gasteiger partial charge in [0, 0.05) is 22.3 Å². The second-order valence-electron chi connectivity index (χ2n) is 5.10. The van der Waals surface area contributed by atoms with Gasteiger partial charge >= 0.3 is 5.97 Å². The first kappa shape index (κ1) is 19.0. The van der Waals surface area contributed by atoms with Crippen molar-refractivity contribution in [2.45, 2.75) is 20.4 Å². The van der Waals surface area contributed by atoms with Crippen molar-refractivity contribution in [3.8, 4) is 5.75 Å². The van der Waals surface area contributed by atoms with Gasteiger partial charge in [0.2, 0.25) is 5.96 Å². The number of pyridine rings is 1. The molecule has 8 heteroatoms. The number of nitrogens with zero attached hydrogens (tertiary/aromatic N) is 2. The molecule has 0 amide bonds. The molecule has 0 bridgehead atoms. The van der Waals surface area contributed by atoms with Crippen LogP contribution in [-0.4, -0.2) is 24.0 Å². The van der Waals surface area contributed by atoms with Crippen LogP contribution in [0.2, 0.25) is 0 Å². The van der Waals surface area contributed by atoms with Gasteiger partial charge in [-0.2, -0.15) is 5.48 Å². The Balaban J connectivity index is 2.20. The Morgan fingerprint density at radius 2 is 2.12 bits per heavy atom. The molecule has 0 unspecified atom stereocenters. The molecule has 0 spiro atoms. The fraction of sp³-hybridized carbons (Fsp3) is 0.235. The number of methoxy groups -OCH3 is 1. The lowest BCUT2D eigenvalue weighted by Gasteiger charge is -2.13. The third kappa shape index (κ3) is 5.89. The van der Waals surface area contributed by atoms with E-state index in [0.29, 0.717) is 12.4 Å². The van der Waals surface area contributed by atoms with E-state index in [4.69, 9.17) is 9.57 Å². The van der Waals surface area contributed by atoms with Crippen LogP contribution in [0.3, 0.4) is 0 Å². The molecule has 132 valence electrons. The molecular weight excluding hydrogens is 435 g/mol. The summed E-state index contributed by atoms with van der Waals surface area (Å²) >= 11 is 2.17. The second kappa shape index (κ2) is 9.21. The topological polar surface area (TPSA) is 84.8 Å². The van der Waals surface area contributed by atoms with Crippen LogP contribution in [0.1, 0.15) is 18.1 Å². The van der Waals surface area contributed by atoms with E-state index in [2.05, 4.69) is 43.4 Å². The summed E-state index contributed by atoms with van der Waals surface area (Å²) in [5.74, 6) is 1.13. The highest BCUT2D eigenvalue weighted by Crippen LogP contribution is 2.22. The van der Waals surface area contributed by atoms with Gasteiger partial charge in [-0.1, -0.05) is 12.1 Å². The summed E-state index contributed by atoms with van der Waals surface area (Å²) in [5, 5.41) is 3.00. The van der Waals surface area contributed by atoms with E-state index in [1.165, 1.54) is 6.92 Å². The molecular formula is C17H19IN4O3. The van der Waals surface area contributed by atoms with Crippen LogP contribution < -0.4 is 15.5 Å². The molecule has 0 aliphatic rings. The summed E-state index contributed by atoms with van der Waals surface area (Å²) in [4.78, 5) is 24.6. The Bertz CT molecular complexity index is 763. The quantitative estimate of drug-likeness (QED) is 0.320. The number of hydrogen-bond donors (Lipinski definition) is 2. The summed E-state index contributed by atoms with van der Waals surface area (Å²) in [6, 6.07) is 9.50. The Hall–Kier alpha value is -2.36. The Morgan fingerprint density at radius 3 is 2.76 bits per heavy atom. The Kier molecular flexibility index (Phi) is 6.99. The molecule has 0 saturated carbocycles. The average Bonchev–Trinajstić information content (AvgIpc) is 2.59. The minimum atomic E-state index is -0.474. The average molecular weight is 454 g/mol. The molecule has 2 rings (SSSR count). The number of carbonyl (C=O) groups excluding carboxylic acids is 1. The predicted octanol–water partition coefficient (Wildman–Crippen LogP) is 3.04. The Morgan fingerprint density at radius 1 is 1.32 bits per heavy atom. The normalized spacial score (nSPS) is 11.0. The summed E-state index contributed by atoms with van der Waals surface area (Å²) in [6.45, 7) is 3.63. The van der Waals surface area contributed by atoms with Crippen LogP contribution >= 0.6 is 22.6 Å². The molecule has 0 fully saturated rings. The minimum absolute atomic E-state index is 0.272. The highest BCUT2D eigenvalue weighted by molar-refractivity contribution is 14.1. The van der Waals surface area contributed by atoms with Gasteiger partial charge in [-0.25, -0.2) is 9.98 Å². The van der Waals surface area contributed by atoms with E-state index >= 15 is 0 Å². The number of aromatic nitrogens is 1. The van der Waals surface area contributed by atoms with E-state index in [1.807, 2.05) is 31.2 Å². The Labute approximate surface area is 159 Å². The standard InChI is InChI=1S/C17H19IN4O3/c1-11-5-4-6-15(24-3)14(11)10-20-17(22-25-12(2)23)21-16-8-7-13(18)9-19-16/h4-9H,10H2,1-3H3,(H2,19,20,21,22). The van der Waals surface area contributed by atoms with Gasteiger partial charge in [-0.05, 0) is 53.3 Å². The van der Waals surface area contributed by atoms with Crippen molar-refractivity contribution in [2.24, 2.45) is 4.99 Å². The first-order valence-corrected chi connectivity index (χ1v) is 8.56. The molecule has 2 aromatic rings. The summed E-state index contributed by atoms with van der Waals surface area (Å²) < 4.78 is 6.39. The number of aliphatic imine (C=N–C) groups is 1. The molecule has 2 N–H and O–H groups in total. The second-order valence-corrected chi connectivity index (χ2v) is 6.35. The van der Waals surface area contributed by atoms with Crippen molar-refractivity contribution in [3.63, 3.8) is 0 Å². The molecule has 0 atom stereocenters. The number of rotatable bonds is 4. The SMILES string of the molecule is COc1cccc(C)c1CN=C(NOC(C)=O)Nc1ccc(I)cn1. The maximum atomic E-state index is 11.1. The van der Waals surface area contributed by atoms with Gasteiger partial charge in [0.25, 0.3) is 0 Å². The van der Waals surface area contributed by atoms with Gasteiger partial charge in [-0.15, -0.1) is 0 Å². The lowest BCUT2D eigenvalue weighted by molar-refractivity contribution is -0.145. The van der Waals surface area contributed by atoms with Crippen molar-refractivity contribution in [1.82, 2.24) is 10.5 Å². The zero-order valence-electron chi connectivity index (χ0n) is 14.2. The van der Waals surface area contributed by atoms with Crippen LogP contribution in [0.25, 0.3) is 0 Å². The minimum Gasteiger partial charge on any atom is -0.496 e. The van der Waals surface area contributed by atoms with Crippen molar-refractivity contribution >= 4 is 40.3 Å².